The molecular formula is C15H25NO3. The molecule has 2 fully saturated rings. The van der Waals surface area contributed by atoms with Crippen molar-refractivity contribution in [2.24, 2.45) is 11.3 Å². The Morgan fingerprint density at radius 1 is 1.16 bits per heavy atom. The van der Waals surface area contributed by atoms with E-state index in [-0.39, 0.29) is 17.7 Å². The first-order valence-corrected chi connectivity index (χ1v) is 7.46. The van der Waals surface area contributed by atoms with Gasteiger partial charge in [0.2, 0.25) is 5.91 Å². The molecule has 0 saturated heterocycles. The third-order valence-corrected chi connectivity index (χ3v) is 4.90. The summed E-state index contributed by atoms with van der Waals surface area (Å²) in [5.41, 5.74) is -0.267. The van der Waals surface area contributed by atoms with Crippen LogP contribution in [0.15, 0.2) is 0 Å². The molecule has 0 aromatic rings. The first-order chi connectivity index (χ1) is 9.01. The van der Waals surface area contributed by atoms with Crippen LogP contribution >= 0.6 is 0 Å². The minimum absolute atomic E-state index is 0.134. The van der Waals surface area contributed by atoms with E-state index in [4.69, 9.17) is 5.11 Å². The van der Waals surface area contributed by atoms with E-state index in [1.807, 2.05) is 11.9 Å². The molecule has 0 spiro atoms. The molecule has 0 aromatic heterocycles. The molecule has 0 bridgehead atoms. The fraction of sp³-hybridized carbons (Fsp3) is 0.867. The Bertz CT molecular complexity index is 343. The van der Waals surface area contributed by atoms with E-state index >= 15 is 0 Å². The molecule has 0 unspecified atom stereocenters. The van der Waals surface area contributed by atoms with Crippen LogP contribution in [0.1, 0.15) is 57.8 Å². The van der Waals surface area contributed by atoms with E-state index in [1.54, 1.807) is 0 Å². The molecule has 4 nitrogen and oxygen atoms in total. The van der Waals surface area contributed by atoms with Crippen LogP contribution in [0.25, 0.3) is 0 Å². The Morgan fingerprint density at radius 3 is 2.26 bits per heavy atom. The maximum absolute atomic E-state index is 12.3. The van der Waals surface area contributed by atoms with E-state index in [1.165, 1.54) is 19.3 Å². The topological polar surface area (TPSA) is 57.6 Å². The lowest BCUT2D eigenvalue weighted by atomic mass is 9.79. The molecule has 0 atom stereocenters. The number of carboxylic acid groups (broad SMARTS) is 1. The number of nitrogens with zero attached hydrogens (tertiary/aromatic N) is 1. The molecule has 2 saturated carbocycles. The van der Waals surface area contributed by atoms with Gasteiger partial charge in [-0.25, -0.2) is 0 Å². The molecule has 1 amide bonds. The molecule has 1 N–H and O–H groups in total. The minimum Gasteiger partial charge on any atom is -0.481 e. The highest BCUT2D eigenvalue weighted by Gasteiger charge is 2.38. The van der Waals surface area contributed by atoms with Gasteiger partial charge in [-0.1, -0.05) is 19.3 Å². The van der Waals surface area contributed by atoms with Gasteiger partial charge in [-0.15, -0.1) is 0 Å². The van der Waals surface area contributed by atoms with Gasteiger partial charge in [0.15, 0.2) is 0 Å². The van der Waals surface area contributed by atoms with Gasteiger partial charge in [-0.2, -0.15) is 0 Å². The highest BCUT2D eigenvalue weighted by atomic mass is 16.4. The van der Waals surface area contributed by atoms with E-state index in [0.717, 1.165) is 32.2 Å². The van der Waals surface area contributed by atoms with E-state index < -0.39 is 5.97 Å². The predicted molar refractivity (Wildman–Crippen MR) is 72.7 cm³/mol. The average Bonchev–Trinajstić information content (AvgIpc) is 2.70. The van der Waals surface area contributed by atoms with Crippen molar-refractivity contribution >= 4 is 11.9 Å². The van der Waals surface area contributed by atoms with Gasteiger partial charge < -0.3 is 10.0 Å². The first kappa shape index (κ1) is 14.4. The van der Waals surface area contributed by atoms with Gasteiger partial charge in [0.1, 0.15) is 0 Å². The van der Waals surface area contributed by atoms with E-state index in [2.05, 4.69) is 0 Å². The summed E-state index contributed by atoms with van der Waals surface area (Å²) in [5.74, 6) is 0.0411. The molecule has 0 radical (unpaired) electrons. The van der Waals surface area contributed by atoms with Crippen molar-refractivity contribution < 1.29 is 14.7 Å². The van der Waals surface area contributed by atoms with Crippen molar-refractivity contribution in [2.45, 2.75) is 57.8 Å². The van der Waals surface area contributed by atoms with Crippen LogP contribution in [0, 0.1) is 11.3 Å². The summed E-state index contributed by atoms with van der Waals surface area (Å²) in [6.45, 7) is 0.849. The summed E-state index contributed by atoms with van der Waals surface area (Å²) in [5, 5.41) is 9.06. The monoisotopic (exact) mass is 267 g/mol. The van der Waals surface area contributed by atoms with Crippen LogP contribution in [0.4, 0.5) is 0 Å². The zero-order valence-electron chi connectivity index (χ0n) is 11.9. The molecule has 2 aliphatic rings. The predicted octanol–water partition coefficient (Wildman–Crippen LogP) is 2.67. The van der Waals surface area contributed by atoms with Crippen molar-refractivity contribution in [3.63, 3.8) is 0 Å². The number of carbonyl (C=O) groups is 2. The fourth-order valence-electron chi connectivity index (χ4n) is 3.48. The quantitative estimate of drug-likeness (QED) is 0.805. The van der Waals surface area contributed by atoms with Crippen LogP contribution in [-0.4, -0.2) is 35.5 Å². The summed E-state index contributed by atoms with van der Waals surface area (Å²) in [6.07, 6.45) is 8.23. The SMILES string of the molecule is CN(CC1CCC1)C(=O)CC1(CC(=O)O)CCCC1. The number of carboxylic acids is 1. The van der Waals surface area contributed by atoms with Gasteiger partial charge >= 0.3 is 5.97 Å². The molecular weight excluding hydrogens is 242 g/mol. The second-order valence-corrected chi connectivity index (χ2v) is 6.53. The summed E-state index contributed by atoms with van der Waals surface area (Å²) in [4.78, 5) is 25.1. The lowest BCUT2D eigenvalue weighted by Crippen LogP contribution is -2.37. The summed E-state index contributed by atoms with van der Waals surface area (Å²) in [7, 11) is 1.87. The van der Waals surface area contributed by atoms with Crippen LogP contribution < -0.4 is 0 Å². The van der Waals surface area contributed by atoms with Crippen LogP contribution in [-0.2, 0) is 9.59 Å². The van der Waals surface area contributed by atoms with Crippen molar-refractivity contribution in [1.82, 2.24) is 4.90 Å². The molecule has 4 heteroatoms. The van der Waals surface area contributed by atoms with Crippen LogP contribution in [0.2, 0.25) is 0 Å². The number of amides is 1. The number of hydrogen-bond donors (Lipinski definition) is 1. The van der Waals surface area contributed by atoms with Crippen LogP contribution in [0.5, 0.6) is 0 Å². The lowest BCUT2D eigenvalue weighted by molar-refractivity contribution is -0.141. The normalized spacial score (nSPS) is 21.9. The van der Waals surface area contributed by atoms with Crippen molar-refractivity contribution in [3.05, 3.63) is 0 Å². The number of rotatable bonds is 6. The summed E-state index contributed by atoms with van der Waals surface area (Å²) >= 11 is 0. The Balaban J connectivity index is 1.88. The largest absolute Gasteiger partial charge is 0.481 e. The lowest BCUT2D eigenvalue weighted by Gasteiger charge is -2.33. The zero-order chi connectivity index (χ0) is 13.9. The second-order valence-electron chi connectivity index (χ2n) is 6.53. The van der Waals surface area contributed by atoms with Gasteiger partial charge in [-0.3, -0.25) is 9.59 Å². The summed E-state index contributed by atoms with van der Waals surface area (Å²) < 4.78 is 0. The van der Waals surface area contributed by atoms with Crippen molar-refractivity contribution in [1.29, 1.82) is 0 Å². The number of hydrogen-bond acceptors (Lipinski definition) is 2. The van der Waals surface area contributed by atoms with Gasteiger partial charge in [0, 0.05) is 20.0 Å². The minimum atomic E-state index is -0.767. The standard InChI is InChI=1S/C15H25NO3/c1-16(11-12-5-4-6-12)13(17)9-15(10-14(18)19)7-2-3-8-15/h12H,2-11H2,1H3,(H,18,19). The second kappa shape index (κ2) is 5.93. The number of aliphatic carboxylic acids is 1. The molecule has 2 rings (SSSR count). The van der Waals surface area contributed by atoms with Crippen LogP contribution in [0.3, 0.4) is 0 Å². The maximum Gasteiger partial charge on any atom is 0.303 e. The summed E-state index contributed by atoms with van der Waals surface area (Å²) in [6, 6.07) is 0. The smallest absolute Gasteiger partial charge is 0.303 e. The maximum atomic E-state index is 12.3. The Hall–Kier alpha value is -1.06. The highest BCUT2D eigenvalue weighted by Crippen LogP contribution is 2.44. The Morgan fingerprint density at radius 2 is 1.79 bits per heavy atom. The van der Waals surface area contributed by atoms with E-state index in [0.29, 0.717) is 12.3 Å². The van der Waals surface area contributed by atoms with Gasteiger partial charge in [-0.05, 0) is 37.0 Å². The Labute approximate surface area is 115 Å². The average molecular weight is 267 g/mol. The van der Waals surface area contributed by atoms with E-state index in [9.17, 15) is 9.59 Å². The molecule has 0 heterocycles. The third kappa shape index (κ3) is 3.71. The van der Waals surface area contributed by atoms with Gasteiger partial charge in [0.25, 0.3) is 0 Å². The zero-order valence-corrected chi connectivity index (χ0v) is 11.9. The third-order valence-electron chi connectivity index (χ3n) is 4.90. The molecule has 0 aliphatic heterocycles. The number of carbonyl (C=O) groups excluding carboxylic acids is 1. The molecule has 0 aromatic carbocycles. The van der Waals surface area contributed by atoms with Crippen molar-refractivity contribution in [2.75, 3.05) is 13.6 Å². The molecule has 108 valence electrons. The Kier molecular flexibility index (Phi) is 4.48. The highest BCUT2D eigenvalue weighted by molar-refractivity contribution is 5.78. The molecule has 2 aliphatic carbocycles. The first-order valence-electron chi connectivity index (χ1n) is 7.46. The fourth-order valence-corrected chi connectivity index (χ4v) is 3.48. The molecule has 19 heavy (non-hydrogen) atoms. The van der Waals surface area contributed by atoms with Gasteiger partial charge in [0.05, 0.1) is 6.42 Å². The van der Waals surface area contributed by atoms with Crippen molar-refractivity contribution in [3.8, 4) is 0 Å².